The molecule has 0 spiro atoms. The fourth-order valence-electron chi connectivity index (χ4n) is 4.34. The van der Waals surface area contributed by atoms with E-state index in [1.165, 1.54) is 19.4 Å². The predicted octanol–water partition coefficient (Wildman–Crippen LogP) is 1.96. The number of nitrogens with zero attached hydrogens (tertiary/aromatic N) is 3. The molecule has 130 valence electrons. The molecule has 24 heavy (non-hydrogen) atoms. The topological polar surface area (TPSA) is 45.7 Å². The van der Waals surface area contributed by atoms with Crippen LogP contribution >= 0.6 is 0 Å². The van der Waals surface area contributed by atoms with Crippen LogP contribution in [0, 0.1) is 18.8 Å². The summed E-state index contributed by atoms with van der Waals surface area (Å²) in [5.41, 5.74) is 1.65. The minimum atomic E-state index is 0.0767. The van der Waals surface area contributed by atoms with E-state index in [-0.39, 0.29) is 18.1 Å². The van der Waals surface area contributed by atoms with Crippen molar-refractivity contribution in [2.75, 3.05) is 33.3 Å². The highest BCUT2D eigenvalue weighted by molar-refractivity contribution is 5.92. The Morgan fingerprint density at radius 2 is 2.12 bits per heavy atom. The Bertz CT molecular complexity index is 599. The molecule has 1 aromatic heterocycles. The second kappa shape index (κ2) is 6.45. The van der Waals surface area contributed by atoms with Crippen molar-refractivity contribution < 1.29 is 9.53 Å². The maximum Gasteiger partial charge on any atom is 0.272 e. The molecular formula is C19H27N3O2. The molecule has 4 rings (SSSR count). The van der Waals surface area contributed by atoms with Crippen molar-refractivity contribution >= 4 is 5.91 Å². The molecule has 1 aromatic rings. The Hall–Kier alpha value is -1.46. The van der Waals surface area contributed by atoms with Crippen LogP contribution in [0.2, 0.25) is 0 Å². The van der Waals surface area contributed by atoms with Crippen LogP contribution in [0.5, 0.6) is 0 Å². The second-order valence-electron chi connectivity index (χ2n) is 7.68. The predicted molar refractivity (Wildman–Crippen MR) is 91.9 cm³/mol. The third-order valence-corrected chi connectivity index (χ3v) is 5.85. The number of hydrogen-bond donors (Lipinski definition) is 0. The molecule has 3 aliphatic rings. The van der Waals surface area contributed by atoms with Gasteiger partial charge in [-0.25, -0.2) is 0 Å². The summed E-state index contributed by atoms with van der Waals surface area (Å²) < 4.78 is 5.74. The van der Waals surface area contributed by atoms with Gasteiger partial charge in [0.2, 0.25) is 0 Å². The number of methoxy groups -OCH3 is 1. The van der Waals surface area contributed by atoms with Crippen molar-refractivity contribution in [3.63, 3.8) is 0 Å². The minimum absolute atomic E-state index is 0.0767. The van der Waals surface area contributed by atoms with Gasteiger partial charge in [-0.1, -0.05) is 6.07 Å². The van der Waals surface area contributed by atoms with Crippen LogP contribution in [-0.2, 0) is 4.74 Å². The van der Waals surface area contributed by atoms with Crippen molar-refractivity contribution in [2.24, 2.45) is 11.8 Å². The summed E-state index contributed by atoms with van der Waals surface area (Å²) in [4.78, 5) is 22.0. The minimum Gasteiger partial charge on any atom is -0.381 e. The Labute approximate surface area is 144 Å². The Morgan fingerprint density at radius 1 is 1.29 bits per heavy atom. The number of likely N-dealkylation sites (tertiary alicyclic amines) is 2. The molecule has 3 atom stereocenters. The van der Waals surface area contributed by atoms with E-state index in [0.717, 1.165) is 37.5 Å². The van der Waals surface area contributed by atoms with Crippen molar-refractivity contribution in [1.29, 1.82) is 0 Å². The van der Waals surface area contributed by atoms with Crippen molar-refractivity contribution in [2.45, 2.75) is 38.3 Å². The zero-order valence-corrected chi connectivity index (χ0v) is 14.6. The van der Waals surface area contributed by atoms with E-state index in [2.05, 4.69) is 14.8 Å². The van der Waals surface area contributed by atoms with Crippen molar-refractivity contribution in [3.8, 4) is 0 Å². The lowest BCUT2D eigenvalue weighted by atomic mass is 9.88. The van der Waals surface area contributed by atoms with E-state index in [1.54, 1.807) is 6.20 Å². The summed E-state index contributed by atoms with van der Waals surface area (Å²) in [6.07, 6.45) is 5.72. The number of carbonyl (C=O) groups is 1. The molecule has 2 saturated heterocycles. The van der Waals surface area contributed by atoms with Crippen LogP contribution in [0.25, 0.3) is 0 Å². The first-order chi connectivity index (χ1) is 11.7. The first-order valence-electron chi connectivity index (χ1n) is 9.14. The van der Waals surface area contributed by atoms with Gasteiger partial charge >= 0.3 is 0 Å². The number of pyridine rings is 1. The average molecular weight is 329 g/mol. The third-order valence-electron chi connectivity index (χ3n) is 5.85. The first-order valence-corrected chi connectivity index (χ1v) is 9.14. The third kappa shape index (κ3) is 3.07. The highest BCUT2D eigenvalue weighted by atomic mass is 16.5. The quantitative estimate of drug-likeness (QED) is 0.847. The van der Waals surface area contributed by atoms with Gasteiger partial charge in [-0.15, -0.1) is 0 Å². The normalized spacial score (nSPS) is 30.4. The lowest BCUT2D eigenvalue weighted by Crippen LogP contribution is -2.53. The molecular weight excluding hydrogens is 302 g/mol. The van der Waals surface area contributed by atoms with Gasteiger partial charge < -0.3 is 14.5 Å². The molecule has 1 saturated carbocycles. The zero-order valence-electron chi connectivity index (χ0n) is 14.6. The second-order valence-corrected chi connectivity index (χ2v) is 7.68. The Kier molecular flexibility index (Phi) is 4.31. The van der Waals surface area contributed by atoms with E-state index < -0.39 is 0 Å². The molecule has 1 aliphatic carbocycles. The molecule has 0 bridgehead atoms. The molecule has 5 nitrogen and oxygen atoms in total. The maximum absolute atomic E-state index is 13.0. The van der Waals surface area contributed by atoms with Crippen molar-refractivity contribution in [1.82, 2.24) is 14.8 Å². The first kappa shape index (κ1) is 16.0. The van der Waals surface area contributed by atoms with E-state index >= 15 is 0 Å². The van der Waals surface area contributed by atoms with E-state index in [9.17, 15) is 4.79 Å². The number of aromatic nitrogens is 1. The van der Waals surface area contributed by atoms with Crippen LogP contribution in [0.3, 0.4) is 0 Å². The van der Waals surface area contributed by atoms with Gasteiger partial charge in [-0.05, 0) is 43.7 Å². The van der Waals surface area contributed by atoms with Crippen LogP contribution in [0.4, 0.5) is 0 Å². The summed E-state index contributed by atoms with van der Waals surface area (Å²) in [6.45, 7) is 6.00. The largest absolute Gasteiger partial charge is 0.381 e. The Balaban J connectivity index is 1.52. The summed E-state index contributed by atoms with van der Waals surface area (Å²) in [5, 5.41) is 0. The molecule has 3 fully saturated rings. The number of aryl methyl sites for hydroxylation is 1. The number of piperidine rings is 1. The highest BCUT2D eigenvalue weighted by Gasteiger charge is 2.46. The molecule has 0 N–H and O–H groups in total. The molecule has 2 aliphatic heterocycles. The van der Waals surface area contributed by atoms with Gasteiger partial charge in [0.05, 0.1) is 12.1 Å². The van der Waals surface area contributed by atoms with Crippen molar-refractivity contribution in [3.05, 3.63) is 29.6 Å². The molecule has 3 heterocycles. The lowest BCUT2D eigenvalue weighted by Gasteiger charge is -2.41. The highest BCUT2D eigenvalue weighted by Crippen LogP contribution is 2.36. The molecule has 0 aromatic carbocycles. The van der Waals surface area contributed by atoms with Gasteiger partial charge in [-0.2, -0.15) is 0 Å². The fraction of sp³-hybridized carbons (Fsp3) is 0.684. The van der Waals surface area contributed by atoms with Gasteiger partial charge in [0, 0.05) is 45.4 Å². The number of rotatable bonds is 4. The van der Waals surface area contributed by atoms with E-state index in [4.69, 9.17) is 4.74 Å². The summed E-state index contributed by atoms with van der Waals surface area (Å²) in [6, 6.07) is 4.08. The maximum atomic E-state index is 13.0. The zero-order chi connectivity index (χ0) is 16.7. The average Bonchev–Trinajstić information content (AvgIpc) is 3.30. The fourth-order valence-corrected chi connectivity index (χ4v) is 4.34. The number of amides is 1. The SMILES string of the molecule is CO[C@H]1CCN(C(=O)c2ccc(C)cn2)[C@H]2CN(CC3CC3)C[C@@H]12. The summed E-state index contributed by atoms with van der Waals surface area (Å²) >= 11 is 0. The molecule has 5 heteroatoms. The van der Waals surface area contributed by atoms with Crippen LogP contribution in [0.15, 0.2) is 18.3 Å². The molecule has 0 unspecified atom stereocenters. The lowest BCUT2D eigenvalue weighted by molar-refractivity contribution is -0.0158. The van der Waals surface area contributed by atoms with Gasteiger partial charge in [0.15, 0.2) is 0 Å². The van der Waals surface area contributed by atoms with Gasteiger partial charge in [-0.3, -0.25) is 9.78 Å². The van der Waals surface area contributed by atoms with Gasteiger partial charge in [0.1, 0.15) is 5.69 Å². The van der Waals surface area contributed by atoms with Gasteiger partial charge in [0.25, 0.3) is 5.91 Å². The number of fused-ring (bicyclic) bond motifs is 1. The van der Waals surface area contributed by atoms with Crippen LogP contribution in [-0.4, -0.2) is 66.1 Å². The van der Waals surface area contributed by atoms with Crippen LogP contribution < -0.4 is 0 Å². The monoisotopic (exact) mass is 329 g/mol. The number of carbonyl (C=O) groups excluding carboxylic acids is 1. The standard InChI is InChI=1S/C19H27N3O2/c1-13-3-6-16(20-9-13)19(23)22-8-7-18(24-2)15-11-21(12-17(15)22)10-14-4-5-14/h3,6,9,14-15,17-18H,4-5,7-8,10-12H2,1-2H3/t15-,17+,18+/m1/s1. The number of hydrogen-bond acceptors (Lipinski definition) is 4. The van der Waals surface area contributed by atoms with E-state index in [0.29, 0.717) is 11.6 Å². The molecule has 1 amide bonds. The van der Waals surface area contributed by atoms with Crippen LogP contribution in [0.1, 0.15) is 35.3 Å². The smallest absolute Gasteiger partial charge is 0.272 e. The summed E-state index contributed by atoms with van der Waals surface area (Å²) in [7, 11) is 1.81. The molecule has 0 radical (unpaired) electrons. The summed E-state index contributed by atoms with van der Waals surface area (Å²) in [5.74, 6) is 1.39. The Morgan fingerprint density at radius 3 is 2.79 bits per heavy atom. The van der Waals surface area contributed by atoms with E-state index in [1.807, 2.05) is 26.2 Å². The number of ether oxygens (including phenoxy) is 1.